The molecular formula is C16H16FN5S. The monoisotopic (exact) mass is 329 g/mol. The zero-order chi connectivity index (χ0) is 16.7. The zero-order valence-corrected chi connectivity index (χ0v) is 13.1. The Balaban J connectivity index is 2.06. The van der Waals surface area contributed by atoms with Gasteiger partial charge < -0.3 is 16.8 Å². The van der Waals surface area contributed by atoms with E-state index in [2.05, 4.69) is 21.9 Å². The Morgan fingerprint density at radius 3 is 2.65 bits per heavy atom. The number of hydrogen-bond acceptors (Lipinski definition) is 6. The van der Waals surface area contributed by atoms with Gasteiger partial charge in [0.05, 0.1) is 0 Å². The highest BCUT2D eigenvalue weighted by atomic mass is 32.2. The van der Waals surface area contributed by atoms with Gasteiger partial charge in [0.25, 0.3) is 0 Å². The van der Waals surface area contributed by atoms with Crippen LogP contribution in [0.1, 0.15) is 0 Å². The Kier molecular flexibility index (Phi) is 5.76. The summed E-state index contributed by atoms with van der Waals surface area (Å²) in [5.74, 6) is 0.148. The molecule has 1 aromatic heterocycles. The van der Waals surface area contributed by atoms with Crippen LogP contribution < -0.4 is 16.8 Å². The summed E-state index contributed by atoms with van der Waals surface area (Å²) in [5.41, 5.74) is 11.6. The summed E-state index contributed by atoms with van der Waals surface area (Å²) in [4.78, 5) is 9.13. The van der Waals surface area contributed by atoms with Gasteiger partial charge in [-0.25, -0.2) is 9.38 Å². The summed E-state index contributed by atoms with van der Waals surface area (Å²) >= 11 is 1.33. The molecule has 0 bridgehead atoms. The molecule has 1 heterocycles. The van der Waals surface area contributed by atoms with E-state index in [0.717, 1.165) is 4.90 Å². The summed E-state index contributed by atoms with van der Waals surface area (Å²) in [6.07, 6.45) is 6.25. The van der Waals surface area contributed by atoms with E-state index in [1.165, 1.54) is 30.1 Å². The quantitative estimate of drug-likeness (QED) is 0.709. The summed E-state index contributed by atoms with van der Waals surface area (Å²) in [6.45, 7) is 3.43. The van der Waals surface area contributed by atoms with E-state index in [1.807, 2.05) is 12.1 Å². The van der Waals surface area contributed by atoms with Crippen LogP contribution in [0.25, 0.3) is 0 Å². The molecule has 23 heavy (non-hydrogen) atoms. The molecule has 0 saturated carbocycles. The number of rotatable bonds is 6. The fourth-order valence-electron chi connectivity index (χ4n) is 1.62. The molecule has 1 aromatic carbocycles. The third-order valence-electron chi connectivity index (χ3n) is 2.59. The Morgan fingerprint density at radius 2 is 2.00 bits per heavy atom. The highest BCUT2D eigenvalue weighted by Crippen LogP contribution is 2.30. The van der Waals surface area contributed by atoms with Gasteiger partial charge in [-0.15, -0.1) is 0 Å². The zero-order valence-electron chi connectivity index (χ0n) is 12.2. The van der Waals surface area contributed by atoms with Gasteiger partial charge in [0.15, 0.2) is 0 Å². The number of pyridine rings is 1. The van der Waals surface area contributed by atoms with E-state index in [4.69, 9.17) is 11.5 Å². The van der Waals surface area contributed by atoms with Crippen LogP contribution >= 0.6 is 11.8 Å². The predicted molar refractivity (Wildman–Crippen MR) is 92.5 cm³/mol. The molecule has 2 rings (SSSR count). The predicted octanol–water partition coefficient (Wildman–Crippen LogP) is 3.08. The number of allylic oxidation sites excluding steroid dienone is 1. The molecule has 0 fully saturated rings. The van der Waals surface area contributed by atoms with E-state index >= 15 is 0 Å². The summed E-state index contributed by atoms with van der Waals surface area (Å²) in [7, 11) is 0. The SMILES string of the molecule is C=C(N)/N=C\C=C(/N)Nc1ccc(Sc2ccncc2)c(F)c1. The largest absolute Gasteiger partial charge is 0.385 e. The standard InChI is InChI=1S/C16H16FN5S/c1-11(18)21-9-6-16(19)22-12-2-3-15(14(17)10-12)23-13-4-7-20-8-5-13/h2-10,22H,1,18-19H2/b16-6+,21-9-. The lowest BCUT2D eigenvalue weighted by Crippen LogP contribution is -2.09. The highest BCUT2D eigenvalue weighted by Gasteiger charge is 2.06. The Bertz CT molecular complexity index is 743. The van der Waals surface area contributed by atoms with Crippen LogP contribution in [0.15, 0.2) is 81.8 Å². The second-order valence-corrected chi connectivity index (χ2v) is 5.56. The smallest absolute Gasteiger partial charge is 0.139 e. The first kappa shape index (κ1) is 16.6. The highest BCUT2D eigenvalue weighted by molar-refractivity contribution is 7.99. The van der Waals surface area contributed by atoms with E-state index in [0.29, 0.717) is 16.4 Å². The van der Waals surface area contributed by atoms with Crippen LogP contribution in [0.5, 0.6) is 0 Å². The van der Waals surface area contributed by atoms with Gasteiger partial charge in [0, 0.05) is 34.1 Å². The number of aliphatic imine (C=N–C) groups is 1. The molecule has 5 nitrogen and oxygen atoms in total. The van der Waals surface area contributed by atoms with Gasteiger partial charge in [0.1, 0.15) is 17.5 Å². The fraction of sp³-hybridized carbons (Fsp3) is 0. The van der Waals surface area contributed by atoms with E-state index in [9.17, 15) is 4.39 Å². The minimum atomic E-state index is -0.339. The number of nitrogens with two attached hydrogens (primary N) is 2. The van der Waals surface area contributed by atoms with Crippen LogP contribution in [0.3, 0.4) is 0 Å². The van der Waals surface area contributed by atoms with Gasteiger partial charge >= 0.3 is 0 Å². The first-order chi connectivity index (χ1) is 11.0. The minimum absolute atomic E-state index is 0.178. The number of halogens is 1. The first-order valence-corrected chi connectivity index (χ1v) is 7.45. The average molecular weight is 329 g/mol. The van der Waals surface area contributed by atoms with Crippen LogP contribution in [0, 0.1) is 5.82 Å². The summed E-state index contributed by atoms with van der Waals surface area (Å²) in [6, 6.07) is 8.45. The van der Waals surface area contributed by atoms with Crippen molar-refractivity contribution in [3.63, 3.8) is 0 Å². The third-order valence-corrected chi connectivity index (χ3v) is 3.65. The maximum absolute atomic E-state index is 14.2. The van der Waals surface area contributed by atoms with Crippen molar-refractivity contribution in [2.24, 2.45) is 16.5 Å². The average Bonchev–Trinajstić information content (AvgIpc) is 2.50. The first-order valence-electron chi connectivity index (χ1n) is 6.63. The molecule has 0 aliphatic carbocycles. The minimum Gasteiger partial charge on any atom is -0.385 e. The van der Waals surface area contributed by atoms with Crippen molar-refractivity contribution in [1.29, 1.82) is 0 Å². The van der Waals surface area contributed by atoms with Crippen LogP contribution in [0.2, 0.25) is 0 Å². The van der Waals surface area contributed by atoms with E-state index < -0.39 is 0 Å². The third kappa shape index (κ3) is 5.48. The number of nitrogens with one attached hydrogen (secondary N) is 1. The number of hydrogen-bond donors (Lipinski definition) is 3. The molecule has 0 aliphatic heterocycles. The maximum atomic E-state index is 14.2. The topological polar surface area (TPSA) is 89.3 Å². The van der Waals surface area contributed by atoms with Crippen molar-refractivity contribution >= 4 is 23.7 Å². The number of aromatic nitrogens is 1. The van der Waals surface area contributed by atoms with Crippen molar-refractivity contribution in [1.82, 2.24) is 4.98 Å². The molecule has 0 amide bonds. The second kappa shape index (κ2) is 8.00. The molecule has 118 valence electrons. The number of benzene rings is 1. The van der Waals surface area contributed by atoms with E-state index in [-0.39, 0.29) is 11.6 Å². The van der Waals surface area contributed by atoms with Crippen molar-refractivity contribution in [2.45, 2.75) is 9.79 Å². The van der Waals surface area contributed by atoms with Crippen molar-refractivity contribution in [2.75, 3.05) is 5.32 Å². The molecule has 0 atom stereocenters. The lowest BCUT2D eigenvalue weighted by atomic mass is 10.3. The molecule has 0 saturated heterocycles. The lowest BCUT2D eigenvalue weighted by molar-refractivity contribution is 0.602. The summed E-state index contributed by atoms with van der Waals surface area (Å²) in [5, 5.41) is 2.87. The fourth-order valence-corrected chi connectivity index (χ4v) is 2.42. The van der Waals surface area contributed by atoms with Gasteiger partial charge in [0.2, 0.25) is 0 Å². The van der Waals surface area contributed by atoms with Gasteiger partial charge in [-0.1, -0.05) is 18.3 Å². The van der Waals surface area contributed by atoms with Crippen LogP contribution in [-0.2, 0) is 0 Å². The Morgan fingerprint density at radius 1 is 1.26 bits per heavy atom. The molecule has 0 radical (unpaired) electrons. The molecule has 0 aliphatic rings. The van der Waals surface area contributed by atoms with Gasteiger partial charge in [-0.05, 0) is 36.4 Å². The van der Waals surface area contributed by atoms with Crippen LogP contribution in [0.4, 0.5) is 10.1 Å². The normalized spacial score (nSPS) is 11.6. The second-order valence-electron chi connectivity index (χ2n) is 4.45. The molecule has 2 aromatic rings. The maximum Gasteiger partial charge on any atom is 0.139 e. The van der Waals surface area contributed by atoms with E-state index in [1.54, 1.807) is 24.5 Å². The molecule has 0 spiro atoms. The van der Waals surface area contributed by atoms with Crippen LogP contribution in [-0.4, -0.2) is 11.2 Å². The lowest BCUT2D eigenvalue weighted by Gasteiger charge is -2.08. The summed E-state index contributed by atoms with van der Waals surface area (Å²) < 4.78 is 14.2. The molecule has 0 unspecified atom stereocenters. The number of anilines is 1. The molecule has 7 heteroatoms. The van der Waals surface area contributed by atoms with Crippen molar-refractivity contribution in [3.05, 3.63) is 72.8 Å². The van der Waals surface area contributed by atoms with Crippen molar-refractivity contribution in [3.8, 4) is 0 Å². The molecular weight excluding hydrogens is 313 g/mol. The Hall–Kier alpha value is -2.80. The van der Waals surface area contributed by atoms with Gasteiger partial charge in [-0.2, -0.15) is 0 Å². The Labute approximate surface area is 138 Å². The number of nitrogens with zero attached hydrogens (tertiary/aromatic N) is 2. The van der Waals surface area contributed by atoms with Gasteiger partial charge in [-0.3, -0.25) is 4.98 Å². The molecule has 5 N–H and O–H groups in total. The van der Waals surface area contributed by atoms with Crippen molar-refractivity contribution < 1.29 is 4.39 Å².